The highest BCUT2D eigenvalue weighted by molar-refractivity contribution is 7.91. The molecule has 3 aromatic rings. The lowest BCUT2D eigenvalue weighted by Gasteiger charge is -2.37. The van der Waals surface area contributed by atoms with Gasteiger partial charge in [0, 0.05) is 42.6 Å². The van der Waals surface area contributed by atoms with Gasteiger partial charge in [-0.25, -0.2) is 26.8 Å². The number of sulfone groups is 1. The Morgan fingerprint density at radius 1 is 1.07 bits per heavy atom. The van der Waals surface area contributed by atoms with Gasteiger partial charge in [-0.2, -0.15) is 5.26 Å². The van der Waals surface area contributed by atoms with Crippen LogP contribution in [-0.2, 0) is 29.5 Å². The lowest BCUT2D eigenvalue weighted by Crippen LogP contribution is -2.45. The van der Waals surface area contributed by atoms with Crippen LogP contribution in [0, 0.1) is 28.4 Å². The second kappa shape index (κ2) is 16.3. The number of hydrogen-bond acceptors (Lipinski definition) is 10. The minimum atomic E-state index is -3.23. The molecule has 17 heteroatoms. The number of rotatable bonds is 9. The van der Waals surface area contributed by atoms with Crippen LogP contribution >= 0.6 is 23.2 Å². The maximum Gasteiger partial charge on any atom is 0.412 e. The molecule has 55 heavy (non-hydrogen) atoms. The van der Waals surface area contributed by atoms with E-state index in [0.29, 0.717) is 0 Å². The van der Waals surface area contributed by atoms with Gasteiger partial charge in [-0.05, 0) is 53.8 Å². The Morgan fingerprint density at radius 2 is 1.76 bits per heavy atom. The third-order valence-electron chi connectivity index (χ3n) is 9.57. The summed E-state index contributed by atoms with van der Waals surface area (Å²) in [5.74, 6) is -5.02. The van der Waals surface area contributed by atoms with Crippen molar-refractivity contribution in [2.24, 2.45) is 5.41 Å². The number of benzene rings is 3. The molecule has 5 atom stereocenters. The maximum atomic E-state index is 16.0. The van der Waals surface area contributed by atoms with Crippen molar-refractivity contribution >= 4 is 56.7 Å². The van der Waals surface area contributed by atoms with Crippen LogP contribution in [0.15, 0.2) is 54.6 Å². The number of nitrogens with one attached hydrogen (secondary N) is 2. The number of carbonyl (C=O) groups is 3. The van der Waals surface area contributed by atoms with Gasteiger partial charge in [0.05, 0.1) is 47.0 Å². The van der Waals surface area contributed by atoms with Crippen LogP contribution in [-0.4, -0.2) is 81.4 Å². The molecule has 2 amide bonds. The predicted octanol–water partition coefficient (Wildman–Crippen LogP) is 6.61. The number of ether oxygens (including phenoxy) is 3. The van der Waals surface area contributed by atoms with Gasteiger partial charge in [0.25, 0.3) is 0 Å². The first-order chi connectivity index (χ1) is 25.8. The van der Waals surface area contributed by atoms with Crippen molar-refractivity contribution in [3.05, 3.63) is 93.0 Å². The first-order valence-electron chi connectivity index (χ1n) is 17.2. The summed E-state index contributed by atoms with van der Waals surface area (Å²) in [6.45, 7) is 6.97. The van der Waals surface area contributed by atoms with Crippen molar-refractivity contribution in [1.82, 2.24) is 10.2 Å². The summed E-state index contributed by atoms with van der Waals surface area (Å²) < 4.78 is 71.3. The van der Waals surface area contributed by atoms with E-state index in [1.807, 2.05) is 20.8 Å². The third-order valence-corrected chi connectivity index (χ3v) is 11.7. The molecular formula is C38H40Cl2F2N4O8S. The Morgan fingerprint density at radius 3 is 2.38 bits per heavy atom. The number of amides is 2. The van der Waals surface area contributed by atoms with Crippen molar-refractivity contribution in [3.8, 4) is 11.8 Å². The highest BCUT2D eigenvalue weighted by atomic mass is 35.5. The van der Waals surface area contributed by atoms with Crippen LogP contribution < -0.4 is 15.4 Å². The van der Waals surface area contributed by atoms with Gasteiger partial charge in [-0.1, -0.05) is 62.2 Å². The number of anilines is 1. The molecule has 2 aliphatic rings. The molecule has 2 saturated heterocycles. The van der Waals surface area contributed by atoms with Crippen molar-refractivity contribution in [1.29, 1.82) is 5.26 Å². The van der Waals surface area contributed by atoms with Gasteiger partial charge in [-0.15, -0.1) is 0 Å². The molecule has 0 bridgehead atoms. The fourth-order valence-corrected chi connectivity index (χ4v) is 8.58. The summed E-state index contributed by atoms with van der Waals surface area (Å²) in [5.41, 5.74) is -2.41. The van der Waals surface area contributed by atoms with Crippen LogP contribution in [0.2, 0.25) is 10.0 Å². The molecule has 2 fully saturated rings. The minimum absolute atomic E-state index is 0.0204. The second-order valence-electron chi connectivity index (χ2n) is 14.6. The molecule has 5 rings (SSSR count). The van der Waals surface area contributed by atoms with Crippen LogP contribution in [0.5, 0.6) is 5.75 Å². The molecule has 0 radical (unpaired) electrons. The quantitative estimate of drug-likeness (QED) is 0.177. The lowest BCUT2D eigenvalue weighted by molar-refractivity contribution is -0.118. The first-order valence-corrected chi connectivity index (χ1v) is 19.8. The number of nitrogens with zero attached hydrogens (tertiary/aromatic N) is 2. The van der Waals surface area contributed by atoms with E-state index in [2.05, 4.69) is 16.7 Å². The Hall–Kier alpha value is -4.49. The average Bonchev–Trinajstić information content (AvgIpc) is 3.42. The van der Waals surface area contributed by atoms with E-state index in [9.17, 15) is 28.1 Å². The van der Waals surface area contributed by atoms with E-state index < -0.39 is 74.6 Å². The summed E-state index contributed by atoms with van der Waals surface area (Å²) in [5, 5.41) is 16.9. The standard InChI is InChI=1S/C38H40Cl2F2N4O8S/c1-21(54-36(49)46-13-15-55(50,51)16-14-46)53-35(48)22-9-12-28(29(17-22)52-5)44-34(47)33-31(24-7-6-8-26(40)32(24)42)38(20-43,30(45-33)19-37(2,3)4)25-11-10-23(39)18-27(25)41/h6-12,17-18,21,30-31,33,45H,13-16,19H2,1-5H3,(H,44,47)/t21?,30?,31?,33-,38+/m1/s1. The molecule has 3 unspecified atom stereocenters. The third kappa shape index (κ3) is 8.99. The molecule has 0 saturated carbocycles. The maximum absolute atomic E-state index is 16.0. The van der Waals surface area contributed by atoms with E-state index >= 15 is 8.78 Å². The second-order valence-corrected chi connectivity index (χ2v) is 17.7. The van der Waals surface area contributed by atoms with Crippen LogP contribution in [0.3, 0.4) is 0 Å². The summed E-state index contributed by atoms with van der Waals surface area (Å²) >= 11 is 12.3. The molecule has 294 valence electrons. The molecule has 2 N–H and O–H groups in total. The van der Waals surface area contributed by atoms with E-state index in [4.69, 9.17) is 37.4 Å². The molecule has 0 aromatic heterocycles. The van der Waals surface area contributed by atoms with E-state index in [0.717, 1.165) is 6.07 Å². The molecule has 2 aliphatic heterocycles. The van der Waals surface area contributed by atoms with E-state index in [1.54, 1.807) is 0 Å². The van der Waals surface area contributed by atoms with Crippen LogP contribution in [0.4, 0.5) is 19.3 Å². The van der Waals surface area contributed by atoms with Crippen LogP contribution in [0.25, 0.3) is 0 Å². The summed E-state index contributed by atoms with van der Waals surface area (Å²) in [6.07, 6.45) is -1.92. The number of methoxy groups -OCH3 is 1. The number of hydrogen-bond donors (Lipinski definition) is 2. The first kappa shape index (κ1) is 41.7. The molecule has 0 spiro atoms. The van der Waals surface area contributed by atoms with Gasteiger partial charge in [-0.3, -0.25) is 4.79 Å². The summed E-state index contributed by atoms with van der Waals surface area (Å²) in [4.78, 5) is 41.1. The van der Waals surface area contributed by atoms with Gasteiger partial charge < -0.3 is 29.7 Å². The van der Waals surface area contributed by atoms with Crippen molar-refractivity contribution in [2.75, 3.05) is 37.0 Å². The largest absolute Gasteiger partial charge is 0.495 e. The minimum Gasteiger partial charge on any atom is -0.495 e. The number of carbonyl (C=O) groups excluding carboxylic acids is 3. The van der Waals surface area contributed by atoms with E-state index in [1.165, 1.54) is 67.5 Å². The van der Waals surface area contributed by atoms with E-state index in [-0.39, 0.29) is 69.2 Å². The van der Waals surface area contributed by atoms with Crippen molar-refractivity contribution < 1.29 is 45.8 Å². The van der Waals surface area contributed by atoms with Gasteiger partial charge >= 0.3 is 12.1 Å². The molecule has 0 aliphatic carbocycles. The van der Waals surface area contributed by atoms with Gasteiger partial charge in [0.2, 0.25) is 12.2 Å². The monoisotopic (exact) mass is 820 g/mol. The Labute approximate surface area is 327 Å². The van der Waals surface area contributed by atoms with Crippen LogP contribution in [0.1, 0.15) is 61.5 Å². The normalized spacial score (nSPS) is 22.6. The number of nitriles is 1. The smallest absolute Gasteiger partial charge is 0.412 e. The fraction of sp³-hybridized carbons (Fsp3) is 0.421. The average molecular weight is 822 g/mol. The Balaban J connectivity index is 1.44. The number of esters is 1. The predicted molar refractivity (Wildman–Crippen MR) is 201 cm³/mol. The zero-order chi connectivity index (χ0) is 40.5. The summed E-state index contributed by atoms with van der Waals surface area (Å²) in [7, 11) is -1.94. The highest BCUT2D eigenvalue weighted by Gasteiger charge is 2.61. The van der Waals surface area contributed by atoms with Crippen molar-refractivity contribution in [3.63, 3.8) is 0 Å². The molecular weight excluding hydrogens is 781 g/mol. The SMILES string of the molecule is COc1cc(C(=O)OC(C)OC(=O)N2CCS(=O)(=O)CC2)ccc1NC(=O)[C@@H]1NC(CC(C)(C)C)[C@](C#N)(c2ccc(Cl)cc2F)C1c1cccc(Cl)c1F. The topological polar surface area (TPSA) is 164 Å². The van der Waals surface area contributed by atoms with Crippen molar-refractivity contribution in [2.45, 2.75) is 63.8 Å². The summed E-state index contributed by atoms with van der Waals surface area (Å²) in [6, 6.07) is 12.1. The molecule has 2 heterocycles. The molecule has 12 nitrogen and oxygen atoms in total. The highest BCUT2D eigenvalue weighted by Crippen LogP contribution is 2.53. The lowest BCUT2D eigenvalue weighted by atomic mass is 9.62. The zero-order valence-corrected chi connectivity index (χ0v) is 32.9. The van der Waals surface area contributed by atoms with Gasteiger partial charge in [0.15, 0.2) is 9.84 Å². The Bertz CT molecular complexity index is 2130. The molecule has 3 aromatic carbocycles. The number of halogens is 4. The van der Waals surface area contributed by atoms with Gasteiger partial charge in [0.1, 0.15) is 22.8 Å². The zero-order valence-electron chi connectivity index (χ0n) is 30.6. The Kier molecular flexibility index (Phi) is 12.4. The fourth-order valence-electron chi connectivity index (χ4n) is 7.04.